The second-order valence-corrected chi connectivity index (χ2v) is 8.43. The van der Waals surface area contributed by atoms with Crippen molar-refractivity contribution in [2.45, 2.75) is 19.4 Å². The van der Waals surface area contributed by atoms with Crippen LogP contribution in [0.3, 0.4) is 0 Å². The molecule has 0 fully saturated rings. The van der Waals surface area contributed by atoms with Gasteiger partial charge in [0.25, 0.3) is 5.91 Å². The average Bonchev–Trinajstić information content (AvgIpc) is 3.60. The van der Waals surface area contributed by atoms with E-state index in [1.807, 2.05) is 78.4 Å². The Hall–Kier alpha value is -5.23. The fourth-order valence-electron chi connectivity index (χ4n) is 3.98. The van der Waals surface area contributed by atoms with Crippen LogP contribution in [-0.2, 0) is 6.42 Å². The monoisotopic (exact) mass is 503 g/mol. The second kappa shape index (κ2) is 11.2. The number of nitrogens with one attached hydrogen (secondary N) is 2. The van der Waals surface area contributed by atoms with Crippen molar-refractivity contribution in [2.75, 3.05) is 6.61 Å². The molecule has 3 heterocycles. The lowest BCUT2D eigenvalue weighted by Crippen LogP contribution is -2.33. The summed E-state index contributed by atoms with van der Waals surface area (Å²) in [6.45, 7) is 5.69. The minimum absolute atomic E-state index is 0.0611. The molecular weight excluding hydrogens is 478 g/mol. The molecule has 2 N–H and O–H groups in total. The highest BCUT2D eigenvalue weighted by Gasteiger charge is 2.27. The molecule has 0 radical (unpaired) electrons. The third-order valence-electron chi connectivity index (χ3n) is 5.81. The molecular formula is C29H25N7O2. The first-order valence-corrected chi connectivity index (χ1v) is 12.0. The molecule has 5 rings (SSSR count). The van der Waals surface area contributed by atoms with Crippen molar-refractivity contribution in [1.29, 1.82) is 0 Å². The molecule has 2 aromatic heterocycles. The molecule has 4 aromatic rings. The molecule has 188 valence electrons. The number of benzene rings is 2. The van der Waals surface area contributed by atoms with Gasteiger partial charge in [0, 0.05) is 24.4 Å². The molecule has 9 nitrogen and oxygen atoms in total. The van der Waals surface area contributed by atoms with E-state index in [0.717, 1.165) is 16.8 Å². The van der Waals surface area contributed by atoms with E-state index in [9.17, 15) is 4.79 Å². The lowest BCUT2D eigenvalue weighted by Gasteiger charge is -2.15. The van der Waals surface area contributed by atoms with Crippen LogP contribution in [0.1, 0.15) is 46.4 Å². The predicted molar refractivity (Wildman–Crippen MR) is 144 cm³/mol. The third-order valence-corrected chi connectivity index (χ3v) is 5.81. The zero-order chi connectivity index (χ0) is 26.3. The van der Waals surface area contributed by atoms with Gasteiger partial charge in [-0.1, -0.05) is 48.4 Å². The van der Waals surface area contributed by atoms with Crippen molar-refractivity contribution in [2.24, 2.45) is 4.99 Å². The van der Waals surface area contributed by atoms with Crippen LogP contribution in [0.15, 0.2) is 89.8 Å². The van der Waals surface area contributed by atoms with E-state index in [0.29, 0.717) is 29.5 Å². The number of rotatable bonds is 6. The number of carbonyl (C=O) groups excluding carboxylic acids is 1. The summed E-state index contributed by atoms with van der Waals surface area (Å²) < 4.78 is 7.94. The Morgan fingerprint density at radius 3 is 3.00 bits per heavy atom. The van der Waals surface area contributed by atoms with Crippen LogP contribution in [0.5, 0.6) is 5.75 Å². The number of carbonyl (C=O) groups is 1. The Morgan fingerprint density at radius 2 is 2.18 bits per heavy atom. The second-order valence-electron chi connectivity index (χ2n) is 8.43. The summed E-state index contributed by atoms with van der Waals surface area (Å²) in [6.07, 6.45) is 9.62. The van der Waals surface area contributed by atoms with Crippen LogP contribution in [0.25, 0.3) is 5.69 Å². The Bertz CT molecular complexity index is 1590. The average molecular weight is 504 g/mol. The first-order valence-electron chi connectivity index (χ1n) is 12.0. The Balaban J connectivity index is 1.35. The van der Waals surface area contributed by atoms with Gasteiger partial charge >= 0.3 is 0 Å². The molecule has 1 aliphatic rings. The molecule has 0 saturated heterocycles. The van der Waals surface area contributed by atoms with Crippen molar-refractivity contribution in [3.63, 3.8) is 0 Å². The van der Waals surface area contributed by atoms with Crippen LogP contribution in [0.2, 0.25) is 0 Å². The number of ether oxygens (including phenoxy) is 1. The Labute approximate surface area is 220 Å². The number of nitrogens with zero attached hydrogens (tertiary/aromatic N) is 5. The molecule has 9 heteroatoms. The summed E-state index contributed by atoms with van der Waals surface area (Å²) in [5.41, 5.74) is 3.19. The van der Waals surface area contributed by atoms with Gasteiger partial charge in [-0.3, -0.25) is 19.5 Å². The number of fused-ring (bicyclic) bond motifs is 3. The SMILES string of the molecule is C=N/C(C#Cc1ccc2c(c1)-n1ccnc1[C@@H](NC(=O)c1n[nH]c(Cc3ccccc3)n1)CO2)=C\C=C/C. The summed E-state index contributed by atoms with van der Waals surface area (Å²) in [4.78, 5) is 25.8. The molecule has 0 bridgehead atoms. The molecule has 38 heavy (non-hydrogen) atoms. The fourth-order valence-corrected chi connectivity index (χ4v) is 3.98. The molecule has 0 saturated carbocycles. The van der Waals surface area contributed by atoms with Crippen LogP contribution < -0.4 is 10.1 Å². The van der Waals surface area contributed by atoms with E-state index in [1.54, 1.807) is 12.3 Å². The highest BCUT2D eigenvalue weighted by Crippen LogP contribution is 2.31. The lowest BCUT2D eigenvalue weighted by atomic mass is 10.1. The number of amides is 1. The number of aromatic nitrogens is 5. The number of hydrogen-bond acceptors (Lipinski definition) is 6. The van der Waals surface area contributed by atoms with Gasteiger partial charge in [0.1, 0.15) is 35.7 Å². The van der Waals surface area contributed by atoms with Gasteiger partial charge in [0.05, 0.1) is 5.69 Å². The third kappa shape index (κ3) is 5.44. The fraction of sp³-hybridized carbons (Fsp3) is 0.138. The molecule has 2 aromatic carbocycles. The molecule has 0 aliphatic carbocycles. The normalized spacial score (nSPS) is 14.4. The van der Waals surface area contributed by atoms with E-state index in [2.05, 4.69) is 49.0 Å². The predicted octanol–water partition coefficient (Wildman–Crippen LogP) is 3.96. The number of allylic oxidation sites excluding steroid dienone is 4. The quantitative estimate of drug-likeness (QED) is 0.235. The topological polar surface area (TPSA) is 110 Å². The van der Waals surface area contributed by atoms with Gasteiger partial charge in [-0.2, -0.15) is 0 Å². The molecule has 1 aliphatic heterocycles. The summed E-state index contributed by atoms with van der Waals surface area (Å²) in [7, 11) is 0. The van der Waals surface area contributed by atoms with E-state index in [-0.39, 0.29) is 12.4 Å². The zero-order valence-electron chi connectivity index (χ0n) is 20.8. The standard InChI is InChI=1S/C29H25N7O2/c1-3-4-10-22(30-2)13-11-21-12-14-25-24(17-21)36-16-15-31-28(36)23(19-38-25)32-29(37)27-33-26(34-35-27)18-20-8-6-5-7-9-20/h3-10,12,14-17,23H,2,18-19H2,1H3,(H,32,37)(H,33,34,35)/b4-3-,22-10-/t23-/m0/s1. The minimum Gasteiger partial charge on any atom is -0.489 e. The van der Waals surface area contributed by atoms with E-state index in [4.69, 9.17) is 4.74 Å². The molecule has 0 unspecified atom stereocenters. The maximum Gasteiger partial charge on any atom is 0.291 e. The van der Waals surface area contributed by atoms with Crippen molar-refractivity contribution in [3.05, 3.63) is 113 Å². The number of aromatic amines is 1. The van der Waals surface area contributed by atoms with Crippen molar-refractivity contribution in [1.82, 2.24) is 30.0 Å². The van der Waals surface area contributed by atoms with Crippen molar-refractivity contribution >= 4 is 12.6 Å². The van der Waals surface area contributed by atoms with Gasteiger partial charge in [0.2, 0.25) is 5.82 Å². The zero-order valence-corrected chi connectivity index (χ0v) is 20.8. The van der Waals surface area contributed by atoms with Gasteiger partial charge in [0.15, 0.2) is 0 Å². The largest absolute Gasteiger partial charge is 0.489 e. The highest BCUT2D eigenvalue weighted by atomic mass is 16.5. The van der Waals surface area contributed by atoms with Crippen molar-refractivity contribution in [3.8, 4) is 23.3 Å². The summed E-state index contributed by atoms with van der Waals surface area (Å²) in [5, 5.41) is 9.91. The van der Waals surface area contributed by atoms with Crippen LogP contribution in [0, 0.1) is 11.8 Å². The van der Waals surface area contributed by atoms with E-state index < -0.39 is 11.9 Å². The number of H-pyrrole nitrogens is 1. The first-order chi connectivity index (χ1) is 18.6. The lowest BCUT2D eigenvalue weighted by molar-refractivity contribution is 0.0909. The first kappa shape index (κ1) is 24.5. The maximum atomic E-state index is 13.0. The highest BCUT2D eigenvalue weighted by molar-refractivity contribution is 5.90. The maximum absolute atomic E-state index is 13.0. The van der Waals surface area contributed by atoms with Crippen LogP contribution in [-0.4, -0.2) is 44.0 Å². The summed E-state index contributed by atoms with van der Waals surface area (Å²) in [5.74, 6) is 7.67. The van der Waals surface area contributed by atoms with E-state index in [1.165, 1.54) is 0 Å². The van der Waals surface area contributed by atoms with E-state index >= 15 is 0 Å². The Morgan fingerprint density at radius 1 is 1.32 bits per heavy atom. The summed E-state index contributed by atoms with van der Waals surface area (Å²) >= 11 is 0. The Kier molecular flexibility index (Phi) is 7.23. The molecule has 1 atom stereocenters. The smallest absolute Gasteiger partial charge is 0.291 e. The van der Waals surface area contributed by atoms with Crippen molar-refractivity contribution < 1.29 is 9.53 Å². The van der Waals surface area contributed by atoms with Gasteiger partial charge in [-0.15, -0.1) is 5.10 Å². The van der Waals surface area contributed by atoms with Gasteiger partial charge in [-0.05, 0) is 49.4 Å². The van der Waals surface area contributed by atoms with Crippen LogP contribution >= 0.6 is 0 Å². The molecule has 1 amide bonds. The van der Waals surface area contributed by atoms with Gasteiger partial charge in [-0.25, -0.2) is 9.97 Å². The summed E-state index contributed by atoms with van der Waals surface area (Å²) in [6, 6.07) is 15.0. The minimum atomic E-state index is -0.518. The van der Waals surface area contributed by atoms with Crippen LogP contribution in [0.4, 0.5) is 0 Å². The number of hydrogen-bond donors (Lipinski definition) is 2. The number of aliphatic imine (C=N–C) groups is 1. The molecule has 0 spiro atoms. The van der Waals surface area contributed by atoms with Gasteiger partial charge < -0.3 is 10.1 Å². The number of imidazole rings is 1.